The maximum absolute atomic E-state index is 5.71. The van der Waals surface area contributed by atoms with Crippen LogP contribution in [0.5, 0.6) is 5.75 Å². The molecule has 33 heavy (non-hydrogen) atoms. The maximum Gasteiger partial charge on any atom is 0.194 e. The largest absolute Gasteiger partial charge is 0.496 e. The Labute approximate surface area is 215 Å². The van der Waals surface area contributed by atoms with E-state index in [1.165, 1.54) is 18.4 Å². The molecule has 3 heterocycles. The van der Waals surface area contributed by atoms with E-state index in [4.69, 9.17) is 9.73 Å². The lowest BCUT2D eigenvalue weighted by Crippen LogP contribution is -2.49. The quantitative estimate of drug-likeness (QED) is 0.310. The van der Waals surface area contributed by atoms with Crippen molar-refractivity contribution < 1.29 is 4.74 Å². The Hall–Kier alpha value is -1.81. The number of aliphatic imine (C=N–C) groups is 1. The second-order valence-electron chi connectivity index (χ2n) is 8.98. The number of likely N-dealkylation sites (tertiary alicyclic amines) is 2. The van der Waals surface area contributed by atoms with Crippen molar-refractivity contribution in [3.05, 3.63) is 48.5 Å². The molecule has 1 aromatic heterocycles. The number of benzene rings is 1. The average molecular weight is 567 g/mol. The smallest absolute Gasteiger partial charge is 0.194 e. The van der Waals surface area contributed by atoms with E-state index in [1.807, 2.05) is 18.6 Å². The van der Waals surface area contributed by atoms with Crippen LogP contribution in [0.3, 0.4) is 0 Å². The van der Waals surface area contributed by atoms with Gasteiger partial charge < -0.3 is 19.5 Å². The summed E-state index contributed by atoms with van der Waals surface area (Å²) in [4.78, 5) is 14.5. The molecule has 0 saturated carbocycles. The molecule has 0 aliphatic carbocycles. The van der Waals surface area contributed by atoms with Gasteiger partial charge in [-0.3, -0.25) is 9.89 Å². The van der Waals surface area contributed by atoms with Gasteiger partial charge in [0.1, 0.15) is 5.75 Å². The number of piperidine rings is 1. The summed E-state index contributed by atoms with van der Waals surface area (Å²) < 4.78 is 7.97. The van der Waals surface area contributed by atoms with Gasteiger partial charge in [-0.25, -0.2) is 4.98 Å². The highest BCUT2D eigenvalue weighted by Gasteiger charge is 2.30. The van der Waals surface area contributed by atoms with Gasteiger partial charge in [-0.05, 0) is 51.3 Å². The summed E-state index contributed by atoms with van der Waals surface area (Å²) in [5.74, 6) is 2.59. The molecule has 7 nitrogen and oxygen atoms in total. The molecule has 0 spiro atoms. The van der Waals surface area contributed by atoms with Crippen LogP contribution in [0, 0.1) is 5.92 Å². The van der Waals surface area contributed by atoms with E-state index < -0.39 is 0 Å². The van der Waals surface area contributed by atoms with E-state index in [9.17, 15) is 0 Å². The fourth-order valence-corrected chi connectivity index (χ4v) is 5.10. The summed E-state index contributed by atoms with van der Waals surface area (Å²) >= 11 is 0. The molecule has 4 rings (SSSR count). The van der Waals surface area contributed by atoms with E-state index in [0.29, 0.717) is 12.0 Å². The number of nitrogens with zero attached hydrogens (tertiary/aromatic N) is 5. The fourth-order valence-electron chi connectivity index (χ4n) is 5.10. The average Bonchev–Trinajstić information content (AvgIpc) is 3.54. The van der Waals surface area contributed by atoms with E-state index in [0.717, 1.165) is 57.4 Å². The molecule has 2 aliphatic heterocycles. The summed E-state index contributed by atoms with van der Waals surface area (Å²) in [6, 6.07) is 9.06. The molecule has 2 aromatic rings. The number of hydrogen-bond donors (Lipinski definition) is 1. The van der Waals surface area contributed by atoms with Gasteiger partial charge in [-0.1, -0.05) is 25.1 Å². The number of halogens is 1. The number of para-hydroxylation sites is 1. The zero-order valence-corrected chi connectivity index (χ0v) is 22.5. The summed E-state index contributed by atoms with van der Waals surface area (Å²) in [7, 11) is 1.76. The van der Waals surface area contributed by atoms with E-state index in [2.05, 4.69) is 62.9 Å². The van der Waals surface area contributed by atoms with Gasteiger partial charge >= 0.3 is 0 Å². The zero-order valence-electron chi connectivity index (χ0n) is 20.2. The minimum absolute atomic E-state index is 0. The standard InChI is InChI=1S/C25H38N6O.HI/c1-4-27-25(30-15-11-20(2)23(18-30)31-16-12-26-19-31)28-17-22(29-13-7-8-14-29)21-9-5-6-10-24(21)32-3;/h5-6,9-10,12,16,19-20,22-23H,4,7-8,11,13-15,17-18H2,1-3H3,(H,27,28);1H. The van der Waals surface area contributed by atoms with Crippen molar-refractivity contribution in [1.29, 1.82) is 0 Å². The first-order chi connectivity index (χ1) is 15.7. The first kappa shape index (κ1) is 25.8. The molecular formula is C25H39IN6O. The monoisotopic (exact) mass is 566 g/mol. The topological polar surface area (TPSA) is 57.9 Å². The molecule has 3 unspecified atom stereocenters. The summed E-state index contributed by atoms with van der Waals surface area (Å²) in [6.45, 7) is 10.3. The Morgan fingerprint density at radius 3 is 2.73 bits per heavy atom. The van der Waals surface area contributed by atoms with Crippen LogP contribution in [0.4, 0.5) is 0 Å². The molecule has 2 aliphatic rings. The normalized spacial score (nSPS) is 22.6. The Balaban J connectivity index is 0.00000306. The maximum atomic E-state index is 5.71. The van der Waals surface area contributed by atoms with Gasteiger partial charge in [0.05, 0.1) is 32.1 Å². The molecule has 0 amide bonds. The lowest BCUT2D eigenvalue weighted by atomic mass is 9.93. The number of ether oxygens (including phenoxy) is 1. The highest BCUT2D eigenvalue weighted by Crippen LogP contribution is 2.32. The number of nitrogens with one attached hydrogen (secondary N) is 1. The van der Waals surface area contributed by atoms with E-state index in [1.54, 1.807) is 7.11 Å². The second-order valence-corrected chi connectivity index (χ2v) is 8.98. The molecule has 3 atom stereocenters. The highest BCUT2D eigenvalue weighted by molar-refractivity contribution is 14.0. The van der Waals surface area contributed by atoms with Crippen LogP contribution in [0.2, 0.25) is 0 Å². The summed E-state index contributed by atoms with van der Waals surface area (Å²) in [6.07, 6.45) is 9.56. The second kappa shape index (κ2) is 12.6. The summed E-state index contributed by atoms with van der Waals surface area (Å²) in [5, 5.41) is 3.56. The molecule has 0 bridgehead atoms. The molecule has 182 valence electrons. The zero-order chi connectivity index (χ0) is 22.3. The van der Waals surface area contributed by atoms with Crippen molar-refractivity contribution in [3.63, 3.8) is 0 Å². The van der Waals surface area contributed by atoms with Crippen LogP contribution in [0.25, 0.3) is 0 Å². The van der Waals surface area contributed by atoms with Crippen molar-refractivity contribution in [3.8, 4) is 5.75 Å². The third kappa shape index (κ3) is 6.20. The predicted octanol–water partition coefficient (Wildman–Crippen LogP) is 4.20. The van der Waals surface area contributed by atoms with Gasteiger partial charge in [0.15, 0.2) is 5.96 Å². The molecule has 2 fully saturated rings. The lowest BCUT2D eigenvalue weighted by Gasteiger charge is -2.39. The van der Waals surface area contributed by atoms with Crippen molar-refractivity contribution in [2.45, 2.75) is 45.2 Å². The fraction of sp³-hybridized carbons (Fsp3) is 0.600. The van der Waals surface area contributed by atoms with Gasteiger partial charge in [0.2, 0.25) is 0 Å². The number of aromatic nitrogens is 2. The Morgan fingerprint density at radius 2 is 2.03 bits per heavy atom. The highest BCUT2D eigenvalue weighted by atomic mass is 127. The van der Waals surface area contributed by atoms with Crippen molar-refractivity contribution >= 4 is 29.9 Å². The minimum Gasteiger partial charge on any atom is -0.496 e. The van der Waals surface area contributed by atoms with Crippen LogP contribution in [-0.4, -0.2) is 71.7 Å². The molecule has 1 N–H and O–H groups in total. The summed E-state index contributed by atoms with van der Waals surface area (Å²) in [5.41, 5.74) is 1.24. The molecule has 1 aromatic carbocycles. The van der Waals surface area contributed by atoms with Gasteiger partial charge in [0.25, 0.3) is 0 Å². The van der Waals surface area contributed by atoms with Crippen molar-refractivity contribution in [2.24, 2.45) is 10.9 Å². The van der Waals surface area contributed by atoms with Gasteiger partial charge in [-0.15, -0.1) is 24.0 Å². The van der Waals surface area contributed by atoms with E-state index >= 15 is 0 Å². The molecule has 8 heteroatoms. The number of methoxy groups -OCH3 is 1. The van der Waals surface area contributed by atoms with Crippen molar-refractivity contribution in [1.82, 2.24) is 24.7 Å². The van der Waals surface area contributed by atoms with Crippen LogP contribution in [-0.2, 0) is 0 Å². The first-order valence-electron chi connectivity index (χ1n) is 12.1. The van der Waals surface area contributed by atoms with Crippen molar-refractivity contribution in [2.75, 3.05) is 46.4 Å². The van der Waals surface area contributed by atoms with Crippen LogP contribution >= 0.6 is 24.0 Å². The lowest BCUT2D eigenvalue weighted by molar-refractivity contribution is 0.188. The predicted molar refractivity (Wildman–Crippen MR) is 145 cm³/mol. The minimum atomic E-state index is 0. The Kier molecular flexibility index (Phi) is 9.85. The SMILES string of the molecule is CCNC(=NCC(c1ccccc1OC)N1CCCC1)N1CCC(C)C(n2ccnc2)C1.I. The number of guanidine groups is 1. The molecule has 0 radical (unpaired) electrons. The molecular weight excluding hydrogens is 527 g/mol. The van der Waals surface area contributed by atoms with Crippen LogP contribution in [0.1, 0.15) is 50.8 Å². The Morgan fingerprint density at radius 1 is 1.24 bits per heavy atom. The third-order valence-corrected chi connectivity index (χ3v) is 6.95. The molecule has 2 saturated heterocycles. The Bertz CT molecular complexity index is 868. The van der Waals surface area contributed by atoms with Gasteiger partial charge in [0, 0.05) is 37.6 Å². The number of rotatable bonds is 7. The van der Waals surface area contributed by atoms with Crippen LogP contribution < -0.4 is 10.1 Å². The number of hydrogen-bond acceptors (Lipinski definition) is 4. The number of imidazole rings is 1. The van der Waals surface area contributed by atoms with Gasteiger partial charge in [-0.2, -0.15) is 0 Å². The third-order valence-electron chi connectivity index (χ3n) is 6.95. The first-order valence-corrected chi connectivity index (χ1v) is 12.1. The van der Waals surface area contributed by atoms with E-state index in [-0.39, 0.29) is 30.0 Å². The van der Waals surface area contributed by atoms with Crippen LogP contribution in [0.15, 0.2) is 48.0 Å².